The minimum Gasteiger partial charge on any atom is -0.288 e. The van der Waals surface area contributed by atoms with Gasteiger partial charge in [-0.3, -0.25) is 14.4 Å². The van der Waals surface area contributed by atoms with Crippen LogP contribution in [0, 0.1) is 0 Å². The number of hydrogen-bond donors (Lipinski definition) is 1. The largest absolute Gasteiger partial charge is 0.288 e. The molecule has 5 nitrogen and oxygen atoms in total. The Morgan fingerprint density at radius 2 is 2.23 bits per heavy atom. The van der Waals surface area contributed by atoms with E-state index in [4.69, 9.17) is 0 Å². The molecular formula is C6H12N2O3S2. The van der Waals surface area contributed by atoms with Gasteiger partial charge in [0.2, 0.25) is 0 Å². The summed E-state index contributed by atoms with van der Waals surface area (Å²) in [5.74, 6) is 1.17. The van der Waals surface area contributed by atoms with E-state index in [1.165, 1.54) is 0 Å². The molecule has 0 amide bonds. The summed E-state index contributed by atoms with van der Waals surface area (Å²) < 4.78 is 34.0. The van der Waals surface area contributed by atoms with Gasteiger partial charge in [0.05, 0.1) is 11.6 Å². The van der Waals surface area contributed by atoms with Crippen LogP contribution in [-0.2, 0) is 20.6 Å². The summed E-state index contributed by atoms with van der Waals surface area (Å²) in [6, 6.07) is 0. The summed E-state index contributed by atoms with van der Waals surface area (Å²) in [6.07, 6.45) is 0. The fourth-order valence-corrected chi connectivity index (χ4v) is 4.58. The molecule has 2 fully saturated rings. The summed E-state index contributed by atoms with van der Waals surface area (Å²) in [5, 5.41) is 2.91. The molecule has 0 radical (unpaired) electrons. The molecule has 0 aromatic heterocycles. The summed E-state index contributed by atoms with van der Waals surface area (Å²) in [7, 11) is -3.87. The maximum atomic E-state index is 11.5. The van der Waals surface area contributed by atoms with Crippen LogP contribution in [0.4, 0.5) is 0 Å². The standard InChI is InChI=1S/C6H12N2O3S2/c9-12-3-2-8(5-12)6-7-1-4-13(6,10)11/h6-7H,1-5H2. The minimum absolute atomic E-state index is 0.195. The highest BCUT2D eigenvalue weighted by atomic mass is 32.2. The van der Waals surface area contributed by atoms with Gasteiger partial charge in [-0.2, -0.15) is 0 Å². The number of rotatable bonds is 1. The van der Waals surface area contributed by atoms with E-state index in [1.807, 2.05) is 0 Å². The van der Waals surface area contributed by atoms with Gasteiger partial charge in [0, 0.05) is 29.6 Å². The fourth-order valence-electron chi connectivity index (χ4n) is 1.64. The lowest BCUT2D eigenvalue weighted by molar-refractivity contribution is 0.295. The molecule has 2 atom stereocenters. The van der Waals surface area contributed by atoms with Crippen molar-refractivity contribution < 1.29 is 12.6 Å². The van der Waals surface area contributed by atoms with Crippen molar-refractivity contribution in [2.24, 2.45) is 0 Å². The Labute approximate surface area is 79.9 Å². The van der Waals surface area contributed by atoms with Crippen molar-refractivity contribution in [3.8, 4) is 0 Å². The van der Waals surface area contributed by atoms with E-state index in [0.29, 0.717) is 24.7 Å². The highest BCUT2D eigenvalue weighted by Gasteiger charge is 2.38. The lowest BCUT2D eigenvalue weighted by Crippen LogP contribution is -2.44. The van der Waals surface area contributed by atoms with E-state index in [1.54, 1.807) is 4.90 Å². The van der Waals surface area contributed by atoms with E-state index in [0.717, 1.165) is 0 Å². The van der Waals surface area contributed by atoms with Crippen LogP contribution in [0.5, 0.6) is 0 Å². The van der Waals surface area contributed by atoms with Crippen LogP contribution >= 0.6 is 0 Å². The highest BCUT2D eigenvalue weighted by molar-refractivity contribution is 7.92. The van der Waals surface area contributed by atoms with Crippen LogP contribution in [0.3, 0.4) is 0 Å². The maximum absolute atomic E-state index is 11.5. The monoisotopic (exact) mass is 224 g/mol. The SMILES string of the molecule is O=S1CCN(C2NCCS2(=O)=O)C1. The third-order valence-corrected chi connectivity index (χ3v) is 5.47. The van der Waals surface area contributed by atoms with E-state index in [-0.39, 0.29) is 5.75 Å². The summed E-state index contributed by atoms with van der Waals surface area (Å²) in [4.78, 5) is 1.75. The molecule has 0 saturated carbocycles. The van der Waals surface area contributed by atoms with Gasteiger partial charge in [0.1, 0.15) is 0 Å². The lowest BCUT2D eigenvalue weighted by atomic mass is 10.6. The highest BCUT2D eigenvalue weighted by Crippen LogP contribution is 2.15. The molecule has 2 saturated heterocycles. The van der Waals surface area contributed by atoms with Gasteiger partial charge in [-0.15, -0.1) is 0 Å². The molecule has 76 valence electrons. The van der Waals surface area contributed by atoms with Crippen LogP contribution in [0.25, 0.3) is 0 Å². The molecule has 2 aliphatic heterocycles. The molecule has 7 heteroatoms. The Balaban J connectivity index is 2.13. The van der Waals surface area contributed by atoms with Crippen molar-refractivity contribution >= 4 is 20.6 Å². The smallest absolute Gasteiger partial charge is 0.181 e. The molecule has 0 bridgehead atoms. The van der Waals surface area contributed by atoms with Gasteiger partial charge in [-0.1, -0.05) is 0 Å². The van der Waals surface area contributed by atoms with Crippen molar-refractivity contribution in [1.29, 1.82) is 0 Å². The first-order valence-corrected chi connectivity index (χ1v) is 7.34. The molecule has 2 unspecified atom stereocenters. The predicted octanol–water partition coefficient (Wildman–Crippen LogP) is -1.69. The second-order valence-corrected chi connectivity index (χ2v) is 6.99. The van der Waals surface area contributed by atoms with E-state index in [2.05, 4.69) is 5.32 Å². The van der Waals surface area contributed by atoms with E-state index < -0.39 is 26.1 Å². The second kappa shape index (κ2) is 3.30. The van der Waals surface area contributed by atoms with Gasteiger partial charge < -0.3 is 0 Å². The summed E-state index contributed by atoms with van der Waals surface area (Å²) in [6.45, 7) is 1.12. The Kier molecular flexibility index (Phi) is 2.43. The topological polar surface area (TPSA) is 66.5 Å². The molecule has 0 spiro atoms. The van der Waals surface area contributed by atoms with Crippen molar-refractivity contribution in [1.82, 2.24) is 10.2 Å². The average Bonchev–Trinajstić information content (AvgIpc) is 2.56. The number of nitrogens with zero attached hydrogens (tertiary/aromatic N) is 1. The van der Waals surface area contributed by atoms with E-state index >= 15 is 0 Å². The zero-order chi connectivity index (χ0) is 9.47. The normalized spacial score (nSPS) is 39.7. The quantitative estimate of drug-likeness (QED) is 0.576. The molecule has 2 heterocycles. The second-order valence-electron chi connectivity index (χ2n) is 3.26. The van der Waals surface area contributed by atoms with Crippen LogP contribution in [0.15, 0.2) is 0 Å². The van der Waals surface area contributed by atoms with Crippen molar-refractivity contribution in [2.45, 2.75) is 5.50 Å². The molecule has 13 heavy (non-hydrogen) atoms. The van der Waals surface area contributed by atoms with Gasteiger partial charge in [-0.25, -0.2) is 8.42 Å². The first kappa shape index (κ1) is 9.57. The molecule has 2 rings (SSSR count). The molecule has 1 N–H and O–H groups in total. The molecule has 0 aromatic carbocycles. The Morgan fingerprint density at radius 1 is 1.46 bits per heavy atom. The summed E-state index contributed by atoms with van der Waals surface area (Å²) in [5.41, 5.74) is -0.584. The average molecular weight is 224 g/mol. The van der Waals surface area contributed by atoms with Crippen molar-refractivity contribution in [3.05, 3.63) is 0 Å². The van der Waals surface area contributed by atoms with Crippen LogP contribution < -0.4 is 5.32 Å². The Hall–Kier alpha value is 0.0200. The third kappa shape index (κ3) is 1.78. The predicted molar refractivity (Wildman–Crippen MR) is 50.2 cm³/mol. The zero-order valence-corrected chi connectivity index (χ0v) is 8.73. The van der Waals surface area contributed by atoms with Gasteiger partial charge in [0.15, 0.2) is 15.3 Å². The van der Waals surface area contributed by atoms with Gasteiger partial charge in [-0.05, 0) is 0 Å². The maximum Gasteiger partial charge on any atom is 0.181 e. The Morgan fingerprint density at radius 3 is 2.69 bits per heavy atom. The molecule has 0 aliphatic carbocycles. The molecular weight excluding hydrogens is 212 g/mol. The lowest BCUT2D eigenvalue weighted by Gasteiger charge is -2.20. The van der Waals surface area contributed by atoms with Crippen LogP contribution in [0.1, 0.15) is 0 Å². The minimum atomic E-state index is -3.01. The van der Waals surface area contributed by atoms with Crippen molar-refractivity contribution in [3.63, 3.8) is 0 Å². The number of hydrogen-bond acceptors (Lipinski definition) is 5. The molecule has 2 aliphatic rings. The van der Waals surface area contributed by atoms with Crippen molar-refractivity contribution in [2.75, 3.05) is 30.5 Å². The third-order valence-electron chi connectivity index (χ3n) is 2.29. The van der Waals surface area contributed by atoms with Crippen LogP contribution in [0.2, 0.25) is 0 Å². The molecule has 0 aromatic rings. The van der Waals surface area contributed by atoms with E-state index in [9.17, 15) is 12.6 Å². The van der Waals surface area contributed by atoms with Gasteiger partial charge in [0.25, 0.3) is 0 Å². The number of sulfone groups is 1. The Bertz CT molecular complexity index is 327. The first-order chi connectivity index (χ1) is 6.09. The van der Waals surface area contributed by atoms with Gasteiger partial charge >= 0.3 is 0 Å². The zero-order valence-electron chi connectivity index (χ0n) is 7.10. The fraction of sp³-hybridized carbons (Fsp3) is 1.00. The first-order valence-electron chi connectivity index (χ1n) is 4.13. The van der Waals surface area contributed by atoms with Crippen LogP contribution in [-0.4, -0.2) is 53.5 Å². The number of nitrogens with one attached hydrogen (secondary N) is 1. The summed E-state index contributed by atoms with van der Waals surface area (Å²) >= 11 is 0.